The molecule has 5 nitrogen and oxygen atoms in total. The van der Waals surface area contributed by atoms with E-state index in [2.05, 4.69) is 70.9 Å². The van der Waals surface area contributed by atoms with Gasteiger partial charge in [0.15, 0.2) is 5.11 Å². The summed E-state index contributed by atoms with van der Waals surface area (Å²) in [6.45, 7) is 6.25. The maximum absolute atomic E-state index is 10.5. The largest absolute Gasteiger partial charge is 0.506 e. The molecule has 2 aromatic heterocycles. The van der Waals surface area contributed by atoms with Crippen LogP contribution in [0.1, 0.15) is 40.3 Å². The smallest absolute Gasteiger partial charge is 0.174 e. The fraction of sp³-hybridized carbons (Fsp3) is 0.185. The van der Waals surface area contributed by atoms with Crippen molar-refractivity contribution in [2.45, 2.75) is 32.9 Å². The number of nitrogens with zero attached hydrogens (tertiary/aromatic N) is 3. The van der Waals surface area contributed by atoms with E-state index in [1.165, 1.54) is 5.56 Å². The van der Waals surface area contributed by atoms with Gasteiger partial charge in [0.1, 0.15) is 5.75 Å². The van der Waals surface area contributed by atoms with E-state index in [9.17, 15) is 5.11 Å². The second-order valence-corrected chi connectivity index (χ2v) is 8.87. The van der Waals surface area contributed by atoms with Crippen LogP contribution >= 0.6 is 12.2 Å². The van der Waals surface area contributed by atoms with E-state index in [1.54, 1.807) is 6.07 Å². The SMILES string of the molecule is Cc1cccc(N2C(=S)N[C@@H](c3ccccn3)[C@@H]2c2cc(C)n(-c3ccccc3O)c2C)c1. The van der Waals surface area contributed by atoms with Crippen LogP contribution in [-0.2, 0) is 0 Å². The highest BCUT2D eigenvalue weighted by atomic mass is 32.1. The molecule has 0 radical (unpaired) electrons. The van der Waals surface area contributed by atoms with E-state index in [0.717, 1.165) is 34.0 Å². The number of thiocarbonyl (C=S) groups is 1. The summed E-state index contributed by atoms with van der Waals surface area (Å²) in [6, 6.07) is 23.8. The highest BCUT2D eigenvalue weighted by molar-refractivity contribution is 7.80. The number of pyridine rings is 1. The normalized spacial score (nSPS) is 17.9. The van der Waals surface area contributed by atoms with Gasteiger partial charge >= 0.3 is 0 Å². The van der Waals surface area contributed by atoms with Gasteiger partial charge in [-0.1, -0.05) is 30.3 Å². The molecule has 1 aliphatic rings. The third kappa shape index (κ3) is 3.66. The second kappa shape index (κ2) is 8.37. The predicted octanol–water partition coefficient (Wildman–Crippen LogP) is 5.68. The third-order valence-electron chi connectivity index (χ3n) is 6.29. The van der Waals surface area contributed by atoms with E-state index in [0.29, 0.717) is 5.11 Å². The number of para-hydroxylation sites is 2. The summed E-state index contributed by atoms with van der Waals surface area (Å²) in [4.78, 5) is 6.85. The molecular weight excluding hydrogens is 428 g/mol. The Bertz CT molecular complexity index is 1330. The maximum Gasteiger partial charge on any atom is 0.174 e. The first-order chi connectivity index (χ1) is 16.0. The summed E-state index contributed by atoms with van der Waals surface area (Å²) in [5.74, 6) is 0.253. The summed E-state index contributed by atoms with van der Waals surface area (Å²) in [5.41, 5.74) is 7.17. The summed E-state index contributed by atoms with van der Waals surface area (Å²) < 4.78 is 2.11. The molecule has 33 heavy (non-hydrogen) atoms. The number of benzene rings is 2. The maximum atomic E-state index is 10.5. The Labute approximate surface area is 199 Å². The standard InChI is InChI=1S/C27H26N4OS/c1-17-9-8-10-20(15-17)31-26(25(29-27(31)33)22-11-6-7-14-28-22)21-16-18(2)30(19(21)3)23-12-4-5-13-24(23)32/h4-16,25-26,32H,1-3H3,(H,29,33)/t25-,26-/m0/s1. The number of aromatic hydroxyl groups is 1. The molecular formula is C27H26N4OS. The van der Waals surface area contributed by atoms with Gasteiger partial charge < -0.3 is 19.9 Å². The lowest BCUT2D eigenvalue weighted by Gasteiger charge is -2.28. The number of hydrogen-bond donors (Lipinski definition) is 2. The Kier molecular flexibility index (Phi) is 5.38. The van der Waals surface area contributed by atoms with Crippen molar-refractivity contribution in [3.63, 3.8) is 0 Å². The summed E-state index contributed by atoms with van der Waals surface area (Å²) in [7, 11) is 0. The van der Waals surface area contributed by atoms with Gasteiger partial charge in [0.25, 0.3) is 0 Å². The number of rotatable bonds is 4. The van der Waals surface area contributed by atoms with Crippen LogP contribution in [0, 0.1) is 20.8 Å². The van der Waals surface area contributed by atoms with Crippen LogP contribution in [-0.4, -0.2) is 19.8 Å². The fourth-order valence-corrected chi connectivity index (χ4v) is 5.18. The molecule has 0 spiro atoms. The summed E-state index contributed by atoms with van der Waals surface area (Å²) >= 11 is 5.86. The number of phenols is 1. The lowest BCUT2D eigenvalue weighted by molar-refractivity contribution is 0.471. The zero-order chi connectivity index (χ0) is 23.1. The first kappa shape index (κ1) is 21.2. The van der Waals surface area contributed by atoms with E-state index >= 15 is 0 Å². The molecule has 4 aromatic rings. The highest BCUT2D eigenvalue weighted by Gasteiger charge is 2.42. The van der Waals surface area contributed by atoms with Gasteiger partial charge in [-0.05, 0) is 86.6 Å². The Hall–Kier alpha value is -3.64. The van der Waals surface area contributed by atoms with Crippen molar-refractivity contribution in [3.8, 4) is 11.4 Å². The number of phenolic OH excluding ortho intramolecular Hbond substituents is 1. The van der Waals surface area contributed by atoms with Gasteiger partial charge in [-0.15, -0.1) is 0 Å². The first-order valence-electron chi connectivity index (χ1n) is 11.0. The molecule has 1 aliphatic heterocycles. The molecule has 0 saturated carbocycles. The molecule has 0 amide bonds. The Morgan fingerprint density at radius 1 is 0.939 bits per heavy atom. The number of anilines is 1. The lowest BCUT2D eigenvalue weighted by atomic mass is 9.96. The molecule has 3 heterocycles. The van der Waals surface area contributed by atoms with E-state index in [-0.39, 0.29) is 17.8 Å². The molecule has 5 rings (SSSR count). The Balaban J connectivity index is 1.70. The number of aryl methyl sites for hydroxylation is 2. The molecule has 2 aromatic carbocycles. The van der Waals surface area contributed by atoms with Crippen LogP contribution in [0.5, 0.6) is 5.75 Å². The monoisotopic (exact) mass is 454 g/mol. The van der Waals surface area contributed by atoms with Crippen molar-refractivity contribution >= 4 is 23.0 Å². The summed E-state index contributed by atoms with van der Waals surface area (Å²) in [5, 5.41) is 14.8. The molecule has 1 saturated heterocycles. The van der Waals surface area contributed by atoms with Crippen LogP contribution in [0.3, 0.4) is 0 Å². The fourth-order valence-electron chi connectivity index (χ4n) is 4.84. The zero-order valence-electron chi connectivity index (χ0n) is 18.9. The molecule has 0 aliphatic carbocycles. The number of aromatic nitrogens is 2. The average molecular weight is 455 g/mol. The Morgan fingerprint density at radius 2 is 1.73 bits per heavy atom. The minimum absolute atomic E-state index is 0.0972. The quantitative estimate of drug-likeness (QED) is 0.389. The van der Waals surface area contributed by atoms with Crippen molar-refractivity contribution in [3.05, 3.63) is 107 Å². The minimum Gasteiger partial charge on any atom is -0.506 e. The van der Waals surface area contributed by atoms with Gasteiger partial charge in [-0.3, -0.25) is 4.98 Å². The second-order valence-electron chi connectivity index (χ2n) is 8.49. The van der Waals surface area contributed by atoms with Crippen LogP contribution in [0.2, 0.25) is 0 Å². The van der Waals surface area contributed by atoms with Crippen LogP contribution in [0.15, 0.2) is 79.0 Å². The van der Waals surface area contributed by atoms with E-state index in [4.69, 9.17) is 12.2 Å². The zero-order valence-corrected chi connectivity index (χ0v) is 19.7. The lowest BCUT2D eigenvalue weighted by Crippen LogP contribution is -2.29. The molecule has 6 heteroatoms. The van der Waals surface area contributed by atoms with Crippen molar-refractivity contribution in [1.29, 1.82) is 0 Å². The third-order valence-corrected chi connectivity index (χ3v) is 6.60. The minimum atomic E-state index is -0.113. The van der Waals surface area contributed by atoms with Gasteiger partial charge in [-0.2, -0.15) is 0 Å². The van der Waals surface area contributed by atoms with Gasteiger partial charge in [0.2, 0.25) is 0 Å². The molecule has 2 atom stereocenters. The molecule has 2 N–H and O–H groups in total. The Morgan fingerprint density at radius 3 is 2.45 bits per heavy atom. The summed E-state index contributed by atoms with van der Waals surface area (Å²) in [6.07, 6.45) is 1.82. The van der Waals surface area contributed by atoms with Crippen LogP contribution in [0.4, 0.5) is 5.69 Å². The number of nitrogens with one attached hydrogen (secondary N) is 1. The average Bonchev–Trinajstić information content (AvgIpc) is 3.30. The topological polar surface area (TPSA) is 53.3 Å². The van der Waals surface area contributed by atoms with Crippen molar-refractivity contribution in [2.75, 3.05) is 4.90 Å². The molecule has 1 fully saturated rings. The molecule has 0 unspecified atom stereocenters. The number of hydrogen-bond acceptors (Lipinski definition) is 3. The predicted molar refractivity (Wildman–Crippen MR) is 136 cm³/mol. The molecule has 166 valence electrons. The van der Waals surface area contributed by atoms with Crippen molar-refractivity contribution in [1.82, 2.24) is 14.9 Å². The first-order valence-corrected chi connectivity index (χ1v) is 11.4. The van der Waals surface area contributed by atoms with Gasteiger partial charge in [-0.25, -0.2) is 0 Å². The van der Waals surface area contributed by atoms with Gasteiger partial charge in [0, 0.05) is 23.3 Å². The van der Waals surface area contributed by atoms with Crippen LogP contribution in [0.25, 0.3) is 5.69 Å². The highest BCUT2D eigenvalue weighted by Crippen LogP contribution is 2.44. The van der Waals surface area contributed by atoms with Crippen LogP contribution < -0.4 is 10.2 Å². The van der Waals surface area contributed by atoms with Crippen molar-refractivity contribution in [2.24, 2.45) is 0 Å². The van der Waals surface area contributed by atoms with E-state index in [1.807, 2.05) is 42.6 Å². The van der Waals surface area contributed by atoms with Crippen molar-refractivity contribution < 1.29 is 5.11 Å². The van der Waals surface area contributed by atoms with E-state index < -0.39 is 0 Å². The van der Waals surface area contributed by atoms with Gasteiger partial charge in [0.05, 0.1) is 23.5 Å². The molecule has 0 bridgehead atoms.